The molecular formula is C25H24ClN5OS. The van der Waals surface area contributed by atoms with Crippen LogP contribution in [0.5, 0.6) is 0 Å². The van der Waals surface area contributed by atoms with E-state index in [2.05, 4.69) is 46.5 Å². The maximum atomic E-state index is 12.7. The van der Waals surface area contributed by atoms with E-state index in [9.17, 15) is 4.79 Å². The molecule has 0 aliphatic heterocycles. The predicted octanol–water partition coefficient (Wildman–Crippen LogP) is 6.15. The SMILES string of the molecule is Cc1ccc(NC(=O)CSc2nnc(-c3cccnc3)n2-c2ccccc2C(C)C)c(Cl)c1. The van der Waals surface area contributed by atoms with Crippen molar-refractivity contribution in [1.82, 2.24) is 19.7 Å². The van der Waals surface area contributed by atoms with Gasteiger partial charge in [0.15, 0.2) is 11.0 Å². The first-order valence-electron chi connectivity index (χ1n) is 10.6. The van der Waals surface area contributed by atoms with Gasteiger partial charge in [0, 0.05) is 18.0 Å². The van der Waals surface area contributed by atoms with E-state index in [1.807, 2.05) is 54.0 Å². The number of aryl methyl sites for hydroxylation is 1. The number of nitrogens with one attached hydrogen (secondary N) is 1. The van der Waals surface area contributed by atoms with Crippen LogP contribution < -0.4 is 5.32 Å². The standard InChI is InChI=1S/C25H24ClN5OS/c1-16(2)19-8-4-5-9-22(19)31-24(18-7-6-12-27-14-18)29-30-25(31)33-15-23(32)28-21-11-10-17(3)13-20(21)26/h4-14,16H,15H2,1-3H3,(H,28,32). The Morgan fingerprint density at radius 2 is 1.94 bits per heavy atom. The largest absolute Gasteiger partial charge is 0.324 e. The van der Waals surface area contributed by atoms with Crippen molar-refractivity contribution in [3.63, 3.8) is 0 Å². The Hall–Kier alpha value is -3.16. The minimum atomic E-state index is -0.166. The fourth-order valence-corrected chi connectivity index (χ4v) is 4.51. The Kier molecular flexibility index (Phi) is 7.11. The number of aromatic nitrogens is 4. The third-order valence-corrected chi connectivity index (χ3v) is 6.33. The van der Waals surface area contributed by atoms with Gasteiger partial charge in [-0.15, -0.1) is 10.2 Å². The van der Waals surface area contributed by atoms with Crippen molar-refractivity contribution >= 4 is 35.0 Å². The van der Waals surface area contributed by atoms with Crippen molar-refractivity contribution in [1.29, 1.82) is 0 Å². The minimum absolute atomic E-state index is 0.166. The van der Waals surface area contributed by atoms with Gasteiger partial charge in [-0.1, -0.05) is 61.5 Å². The second kappa shape index (κ2) is 10.2. The molecule has 4 aromatic rings. The minimum Gasteiger partial charge on any atom is -0.324 e. The van der Waals surface area contributed by atoms with Gasteiger partial charge in [-0.2, -0.15) is 0 Å². The number of nitrogens with zero attached hydrogens (tertiary/aromatic N) is 4. The molecule has 0 aliphatic carbocycles. The Bertz CT molecular complexity index is 1270. The number of carbonyl (C=O) groups excluding carboxylic acids is 1. The van der Waals surface area contributed by atoms with Crippen LogP contribution >= 0.6 is 23.4 Å². The third kappa shape index (κ3) is 5.26. The van der Waals surface area contributed by atoms with Gasteiger partial charge in [0.05, 0.1) is 22.2 Å². The van der Waals surface area contributed by atoms with Gasteiger partial charge >= 0.3 is 0 Å². The van der Waals surface area contributed by atoms with Crippen molar-refractivity contribution in [2.45, 2.75) is 31.8 Å². The monoisotopic (exact) mass is 477 g/mol. The number of rotatable bonds is 7. The number of hydrogen-bond donors (Lipinski definition) is 1. The van der Waals surface area contributed by atoms with Crippen LogP contribution in [-0.2, 0) is 4.79 Å². The number of hydrogen-bond acceptors (Lipinski definition) is 5. The van der Waals surface area contributed by atoms with E-state index >= 15 is 0 Å². The van der Waals surface area contributed by atoms with Gasteiger partial charge in [0.25, 0.3) is 0 Å². The summed E-state index contributed by atoms with van der Waals surface area (Å²) in [5, 5.41) is 12.9. The van der Waals surface area contributed by atoms with E-state index in [4.69, 9.17) is 11.6 Å². The molecule has 0 radical (unpaired) electrons. The molecule has 2 aromatic carbocycles. The molecule has 2 aromatic heterocycles. The number of carbonyl (C=O) groups is 1. The smallest absolute Gasteiger partial charge is 0.234 e. The zero-order valence-corrected chi connectivity index (χ0v) is 20.2. The number of para-hydroxylation sites is 1. The number of amides is 1. The van der Waals surface area contributed by atoms with Crippen LogP contribution in [0.2, 0.25) is 5.02 Å². The van der Waals surface area contributed by atoms with E-state index in [0.717, 1.165) is 16.8 Å². The zero-order chi connectivity index (χ0) is 23.4. The summed E-state index contributed by atoms with van der Waals surface area (Å²) < 4.78 is 2.00. The molecule has 0 bridgehead atoms. The summed E-state index contributed by atoms with van der Waals surface area (Å²) in [4.78, 5) is 16.9. The second-order valence-corrected chi connectivity index (χ2v) is 9.27. The number of pyridine rings is 1. The second-order valence-electron chi connectivity index (χ2n) is 7.92. The fourth-order valence-electron chi connectivity index (χ4n) is 3.48. The normalized spacial score (nSPS) is 11.1. The summed E-state index contributed by atoms with van der Waals surface area (Å²) in [5.41, 5.74) is 4.63. The molecule has 6 nitrogen and oxygen atoms in total. The van der Waals surface area contributed by atoms with Crippen molar-refractivity contribution in [3.8, 4) is 17.1 Å². The zero-order valence-electron chi connectivity index (χ0n) is 18.6. The fraction of sp³-hybridized carbons (Fsp3) is 0.200. The molecule has 0 fully saturated rings. The number of halogens is 1. The highest BCUT2D eigenvalue weighted by molar-refractivity contribution is 7.99. The molecule has 0 spiro atoms. The van der Waals surface area contributed by atoms with Gasteiger partial charge in [-0.05, 0) is 54.3 Å². The first-order valence-corrected chi connectivity index (χ1v) is 11.9. The lowest BCUT2D eigenvalue weighted by Gasteiger charge is -2.17. The summed E-state index contributed by atoms with van der Waals surface area (Å²) in [7, 11) is 0. The molecule has 2 heterocycles. The summed E-state index contributed by atoms with van der Waals surface area (Å²) in [5.74, 6) is 0.982. The molecule has 1 amide bonds. The molecule has 0 saturated carbocycles. The highest BCUT2D eigenvalue weighted by atomic mass is 35.5. The van der Waals surface area contributed by atoms with Crippen molar-refractivity contribution in [2.75, 3.05) is 11.1 Å². The summed E-state index contributed by atoms with van der Waals surface area (Å²) in [6.07, 6.45) is 3.49. The molecule has 1 N–H and O–H groups in total. The maximum absolute atomic E-state index is 12.7. The lowest BCUT2D eigenvalue weighted by molar-refractivity contribution is -0.113. The lowest BCUT2D eigenvalue weighted by Crippen LogP contribution is -2.15. The van der Waals surface area contributed by atoms with Crippen molar-refractivity contribution in [3.05, 3.63) is 83.1 Å². The number of benzene rings is 2. The molecule has 0 aliphatic rings. The first kappa shape index (κ1) is 23.0. The highest BCUT2D eigenvalue weighted by Gasteiger charge is 2.20. The quantitative estimate of drug-likeness (QED) is 0.323. The lowest BCUT2D eigenvalue weighted by atomic mass is 10.0. The number of anilines is 1. The molecule has 0 unspecified atom stereocenters. The molecule has 168 valence electrons. The molecule has 0 atom stereocenters. The Morgan fingerprint density at radius 1 is 1.12 bits per heavy atom. The van der Waals surface area contributed by atoms with Crippen LogP contribution in [0.4, 0.5) is 5.69 Å². The van der Waals surface area contributed by atoms with E-state index in [1.54, 1.807) is 12.4 Å². The van der Waals surface area contributed by atoms with Gasteiger partial charge in [-0.3, -0.25) is 14.3 Å². The Balaban J connectivity index is 1.65. The van der Waals surface area contributed by atoms with Gasteiger partial charge < -0.3 is 5.32 Å². The van der Waals surface area contributed by atoms with E-state index in [1.165, 1.54) is 17.3 Å². The van der Waals surface area contributed by atoms with Crippen LogP contribution in [-0.4, -0.2) is 31.4 Å². The highest BCUT2D eigenvalue weighted by Crippen LogP contribution is 2.32. The van der Waals surface area contributed by atoms with Crippen LogP contribution in [0.1, 0.15) is 30.9 Å². The van der Waals surface area contributed by atoms with Crippen molar-refractivity contribution in [2.24, 2.45) is 0 Å². The summed E-state index contributed by atoms with van der Waals surface area (Å²) in [6, 6.07) is 17.5. The van der Waals surface area contributed by atoms with Crippen LogP contribution in [0, 0.1) is 6.92 Å². The van der Waals surface area contributed by atoms with Gasteiger partial charge in [0.2, 0.25) is 5.91 Å². The first-order chi connectivity index (χ1) is 15.9. The van der Waals surface area contributed by atoms with Crippen LogP contribution in [0.25, 0.3) is 17.1 Å². The summed E-state index contributed by atoms with van der Waals surface area (Å²) in [6.45, 7) is 6.26. The topological polar surface area (TPSA) is 72.7 Å². The van der Waals surface area contributed by atoms with Crippen molar-refractivity contribution < 1.29 is 4.79 Å². The van der Waals surface area contributed by atoms with E-state index < -0.39 is 0 Å². The molecule has 4 rings (SSSR count). The van der Waals surface area contributed by atoms with Gasteiger partial charge in [0.1, 0.15) is 0 Å². The van der Waals surface area contributed by atoms with E-state index in [0.29, 0.717) is 27.6 Å². The predicted molar refractivity (Wildman–Crippen MR) is 134 cm³/mol. The Morgan fingerprint density at radius 3 is 2.67 bits per heavy atom. The summed E-state index contributed by atoms with van der Waals surface area (Å²) >= 11 is 7.59. The average Bonchev–Trinajstić information content (AvgIpc) is 3.24. The molecule has 0 saturated heterocycles. The maximum Gasteiger partial charge on any atom is 0.234 e. The molecule has 33 heavy (non-hydrogen) atoms. The van der Waals surface area contributed by atoms with E-state index in [-0.39, 0.29) is 11.7 Å². The third-order valence-electron chi connectivity index (χ3n) is 5.08. The van der Waals surface area contributed by atoms with Crippen LogP contribution in [0.3, 0.4) is 0 Å². The molecular weight excluding hydrogens is 454 g/mol. The molecule has 8 heteroatoms. The average molecular weight is 478 g/mol. The Labute approximate surface area is 202 Å². The van der Waals surface area contributed by atoms with Gasteiger partial charge in [-0.25, -0.2) is 0 Å². The van der Waals surface area contributed by atoms with Crippen LogP contribution in [0.15, 0.2) is 72.1 Å². The number of thioether (sulfide) groups is 1.